The average Bonchev–Trinajstić information content (AvgIpc) is 3.00. The normalized spacial score (nSPS) is 10.7. The van der Waals surface area contributed by atoms with Gasteiger partial charge in [-0.25, -0.2) is 0 Å². The summed E-state index contributed by atoms with van der Waals surface area (Å²) >= 11 is 7.85. The van der Waals surface area contributed by atoms with Crippen LogP contribution in [0.25, 0.3) is 10.1 Å². The minimum absolute atomic E-state index is 0.247. The van der Waals surface area contributed by atoms with Gasteiger partial charge in [0.05, 0.1) is 10.7 Å². The van der Waals surface area contributed by atoms with Crippen LogP contribution in [0.5, 0.6) is 11.5 Å². The summed E-state index contributed by atoms with van der Waals surface area (Å²) in [7, 11) is 0. The molecule has 0 aliphatic carbocycles. The Balaban J connectivity index is 1.63. The van der Waals surface area contributed by atoms with Gasteiger partial charge < -0.3 is 10.1 Å². The molecule has 0 atom stereocenters. The monoisotopic (exact) mass is 393 g/mol. The molecule has 1 aromatic heterocycles. The van der Waals surface area contributed by atoms with Gasteiger partial charge in [0.15, 0.2) is 5.75 Å². The molecule has 0 radical (unpaired) electrons. The zero-order valence-corrected chi connectivity index (χ0v) is 16.1. The van der Waals surface area contributed by atoms with Crippen LogP contribution in [0.1, 0.15) is 15.2 Å². The lowest BCUT2D eigenvalue weighted by Crippen LogP contribution is -2.11. The Kier molecular flexibility index (Phi) is 4.84. The molecule has 0 saturated heterocycles. The summed E-state index contributed by atoms with van der Waals surface area (Å²) in [5.41, 5.74) is 1.73. The molecule has 4 aromatic rings. The number of anilines is 1. The van der Waals surface area contributed by atoms with Crippen molar-refractivity contribution in [3.05, 3.63) is 88.3 Å². The van der Waals surface area contributed by atoms with Gasteiger partial charge in [0.1, 0.15) is 10.6 Å². The molecule has 3 aromatic carbocycles. The van der Waals surface area contributed by atoms with Gasteiger partial charge in [-0.05, 0) is 42.8 Å². The highest BCUT2D eigenvalue weighted by Gasteiger charge is 2.18. The first kappa shape index (κ1) is 17.6. The fourth-order valence-electron chi connectivity index (χ4n) is 2.77. The number of para-hydroxylation sites is 3. The zero-order chi connectivity index (χ0) is 18.8. The number of benzene rings is 3. The number of aryl methyl sites for hydroxylation is 1. The molecule has 0 saturated carbocycles. The summed E-state index contributed by atoms with van der Waals surface area (Å²) < 4.78 is 6.91. The molecule has 0 unspecified atom stereocenters. The van der Waals surface area contributed by atoms with E-state index in [1.54, 1.807) is 0 Å². The summed E-state index contributed by atoms with van der Waals surface area (Å²) in [5.74, 6) is 1.03. The molecule has 0 spiro atoms. The number of hydrogen-bond donors (Lipinski definition) is 1. The van der Waals surface area contributed by atoms with Gasteiger partial charge in [-0.3, -0.25) is 4.79 Å². The molecule has 0 aliphatic rings. The van der Waals surface area contributed by atoms with E-state index in [9.17, 15) is 4.79 Å². The number of fused-ring (bicyclic) bond motifs is 1. The molecule has 1 heterocycles. The van der Waals surface area contributed by atoms with E-state index in [0.717, 1.165) is 15.6 Å². The first-order valence-electron chi connectivity index (χ1n) is 8.44. The second-order valence-electron chi connectivity index (χ2n) is 6.11. The van der Waals surface area contributed by atoms with Crippen LogP contribution in [-0.2, 0) is 0 Å². The van der Waals surface area contributed by atoms with Crippen LogP contribution in [-0.4, -0.2) is 5.91 Å². The molecule has 27 heavy (non-hydrogen) atoms. The quantitative estimate of drug-likeness (QED) is 0.409. The Labute approximate surface area is 166 Å². The highest BCUT2D eigenvalue weighted by Crippen LogP contribution is 2.37. The molecule has 1 amide bonds. The van der Waals surface area contributed by atoms with Crippen LogP contribution in [0.15, 0.2) is 72.8 Å². The Morgan fingerprint density at radius 1 is 1.00 bits per heavy atom. The molecule has 1 N–H and O–H groups in total. The van der Waals surface area contributed by atoms with E-state index in [2.05, 4.69) is 5.32 Å². The van der Waals surface area contributed by atoms with Crippen molar-refractivity contribution in [3.63, 3.8) is 0 Å². The van der Waals surface area contributed by atoms with Gasteiger partial charge in [-0.2, -0.15) is 0 Å². The van der Waals surface area contributed by atoms with Crippen LogP contribution < -0.4 is 10.1 Å². The van der Waals surface area contributed by atoms with E-state index in [1.165, 1.54) is 11.3 Å². The summed E-state index contributed by atoms with van der Waals surface area (Å²) in [6, 6.07) is 22.8. The van der Waals surface area contributed by atoms with E-state index >= 15 is 0 Å². The molecule has 0 fully saturated rings. The average molecular weight is 394 g/mol. The number of thiophene rings is 1. The topological polar surface area (TPSA) is 38.3 Å². The lowest BCUT2D eigenvalue weighted by atomic mass is 10.2. The second-order valence-corrected chi connectivity index (χ2v) is 7.54. The number of carbonyl (C=O) groups excluding carboxylic acids is 1. The lowest BCUT2D eigenvalue weighted by molar-refractivity contribution is 0.103. The van der Waals surface area contributed by atoms with Crippen LogP contribution in [0, 0.1) is 6.92 Å². The standard InChI is InChI=1S/C22H16ClNO2S/c1-14-11-12-16-19(13-14)27-21(20(16)23)22(25)24-17-9-5-6-10-18(17)26-15-7-3-2-4-8-15/h2-13H,1H3,(H,24,25). The Bertz CT molecular complexity index is 1120. The fourth-order valence-corrected chi connectivity index (χ4v) is 4.28. The Morgan fingerprint density at radius 2 is 1.74 bits per heavy atom. The molecule has 3 nitrogen and oxygen atoms in total. The van der Waals surface area contributed by atoms with Crippen LogP contribution in [0.2, 0.25) is 5.02 Å². The second kappa shape index (κ2) is 7.43. The summed E-state index contributed by atoms with van der Waals surface area (Å²) in [6.45, 7) is 2.02. The van der Waals surface area contributed by atoms with Gasteiger partial charge in [0, 0.05) is 10.1 Å². The molecule has 4 rings (SSSR count). The van der Waals surface area contributed by atoms with Crippen molar-refractivity contribution in [2.45, 2.75) is 6.92 Å². The zero-order valence-electron chi connectivity index (χ0n) is 14.5. The maximum Gasteiger partial charge on any atom is 0.267 e. The summed E-state index contributed by atoms with van der Waals surface area (Å²) in [6.07, 6.45) is 0. The highest BCUT2D eigenvalue weighted by molar-refractivity contribution is 7.21. The largest absolute Gasteiger partial charge is 0.455 e. The smallest absolute Gasteiger partial charge is 0.267 e. The van der Waals surface area contributed by atoms with Gasteiger partial charge in [-0.15, -0.1) is 11.3 Å². The number of nitrogens with one attached hydrogen (secondary N) is 1. The minimum atomic E-state index is -0.247. The number of amides is 1. The molecule has 134 valence electrons. The number of halogens is 1. The third kappa shape index (κ3) is 3.68. The number of ether oxygens (including phenoxy) is 1. The number of carbonyl (C=O) groups is 1. The predicted molar refractivity (Wildman–Crippen MR) is 112 cm³/mol. The third-order valence-electron chi connectivity index (χ3n) is 4.10. The van der Waals surface area contributed by atoms with E-state index < -0.39 is 0 Å². The molecule has 5 heteroatoms. The van der Waals surface area contributed by atoms with Crippen LogP contribution in [0.3, 0.4) is 0 Å². The van der Waals surface area contributed by atoms with Crippen molar-refractivity contribution in [1.29, 1.82) is 0 Å². The van der Waals surface area contributed by atoms with Crippen molar-refractivity contribution in [3.8, 4) is 11.5 Å². The summed E-state index contributed by atoms with van der Waals surface area (Å²) in [4.78, 5) is 13.3. The van der Waals surface area contributed by atoms with Gasteiger partial charge in [0.25, 0.3) is 5.91 Å². The summed E-state index contributed by atoms with van der Waals surface area (Å²) in [5, 5.41) is 4.30. The van der Waals surface area contributed by atoms with Crippen molar-refractivity contribution in [1.82, 2.24) is 0 Å². The van der Waals surface area contributed by atoms with Crippen molar-refractivity contribution < 1.29 is 9.53 Å². The third-order valence-corrected chi connectivity index (χ3v) is 5.75. The van der Waals surface area contributed by atoms with E-state index in [0.29, 0.717) is 27.1 Å². The maximum absolute atomic E-state index is 12.9. The van der Waals surface area contributed by atoms with E-state index in [-0.39, 0.29) is 5.91 Å². The molecule has 0 bridgehead atoms. The SMILES string of the molecule is Cc1ccc2c(Cl)c(C(=O)Nc3ccccc3Oc3ccccc3)sc2c1. The first-order valence-corrected chi connectivity index (χ1v) is 9.63. The van der Waals surface area contributed by atoms with Crippen molar-refractivity contribution in [2.75, 3.05) is 5.32 Å². The number of rotatable bonds is 4. The maximum atomic E-state index is 12.9. The molecular weight excluding hydrogens is 378 g/mol. The van der Waals surface area contributed by atoms with Gasteiger partial charge >= 0.3 is 0 Å². The van der Waals surface area contributed by atoms with E-state index in [4.69, 9.17) is 16.3 Å². The molecular formula is C22H16ClNO2S. The number of hydrogen-bond acceptors (Lipinski definition) is 3. The Morgan fingerprint density at radius 3 is 2.56 bits per heavy atom. The van der Waals surface area contributed by atoms with Gasteiger partial charge in [0.2, 0.25) is 0 Å². The van der Waals surface area contributed by atoms with Gasteiger partial charge in [-0.1, -0.05) is 54.1 Å². The van der Waals surface area contributed by atoms with Crippen molar-refractivity contribution in [2.24, 2.45) is 0 Å². The highest BCUT2D eigenvalue weighted by atomic mass is 35.5. The van der Waals surface area contributed by atoms with Crippen LogP contribution >= 0.6 is 22.9 Å². The predicted octanol–water partition coefficient (Wildman–Crippen LogP) is 6.91. The van der Waals surface area contributed by atoms with Crippen LogP contribution in [0.4, 0.5) is 5.69 Å². The van der Waals surface area contributed by atoms with E-state index in [1.807, 2.05) is 79.7 Å². The minimum Gasteiger partial charge on any atom is -0.455 e. The fraction of sp³-hybridized carbons (Fsp3) is 0.0455. The lowest BCUT2D eigenvalue weighted by Gasteiger charge is -2.11. The molecule has 0 aliphatic heterocycles. The Hall–Kier alpha value is -2.82. The van der Waals surface area contributed by atoms with Crippen molar-refractivity contribution >= 4 is 44.6 Å². The first-order chi connectivity index (χ1) is 13.1.